The van der Waals surface area contributed by atoms with E-state index < -0.39 is 17.7 Å². The lowest BCUT2D eigenvalue weighted by atomic mass is 9.98. The highest BCUT2D eigenvalue weighted by Crippen LogP contribution is 2.34. The Bertz CT molecular complexity index is 1480. The van der Waals surface area contributed by atoms with Gasteiger partial charge in [0.15, 0.2) is 17.1 Å². The Morgan fingerprint density at radius 3 is 2.56 bits per heavy atom. The van der Waals surface area contributed by atoms with Gasteiger partial charge in [-0.2, -0.15) is 0 Å². The van der Waals surface area contributed by atoms with E-state index in [2.05, 4.69) is 10.5 Å². The third kappa shape index (κ3) is 4.10. The number of oxime groups is 1. The fourth-order valence-corrected chi connectivity index (χ4v) is 4.19. The van der Waals surface area contributed by atoms with Gasteiger partial charge in [0, 0.05) is 22.4 Å². The van der Waals surface area contributed by atoms with Gasteiger partial charge in [-0.25, -0.2) is 4.39 Å². The summed E-state index contributed by atoms with van der Waals surface area (Å²) >= 11 is 5.90. The summed E-state index contributed by atoms with van der Waals surface area (Å²) in [5, 5.41) is 15.5. The number of aryl methyl sites for hydroxylation is 1. The molecule has 4 N–H and O–H groups in total. The number of benzene rings is 3. The molecular formula is C26H23ClFN3O3. The van der Waals surface area contributed by atoms with E-state index in [4.69, 9.17) is 27.0 Å². The Kier molecular flexibility index (Phi) is 6.30. The van der Waals surface area contributed by atoms with Crippen LogP contribution in [0.25, 0.3) is 22.3 Å². The average molecular weight is 480 g/mol. The molecule has 1 aromatic heterocycles. The molecule has 0 saturated carbocycles. The number of fused-ring (bicyclic) bond motifs is 1. The predicted molar refractivity (Wildman–Crippen MR) is 133 cm³/mol. The molecule has 0 radical (unpaired) electrons. The van der Waals surface area contributed by atoms with Crippen LogP contribution in [0.15, 0.2) is 69.0 Å². The lowest BCUT2D eigenvalue weighted by Gasteiger charge is -2.21. The third-order valence-corrected chi connectivity index (χ3v) is 6.02. The molecule has 174 valence electrons. The smallest absolute Gasteiger partial charge is 0.196 e. The number of anilines is 1. The van der Waals surface area contributed by atoms with E-state index in [9.17, 15) is 9.18 Å². The van der Waals surface area contributed by atoms with E-state index in [0.29, 0.717) is 27.9 Å². The van der Waals surface area contributed by atoms with Crippen LogP contribution in [0.2, 0.25) is 5.02 Å². The van der Waals surface area contributed by atoms with Gasteiger partial charge in [-0.1, -0.05) is 53.2 Å². The summed E-state index contributed by atoms with van der Waals surface area (Å²) in [4.78, 5) is 13.3. The first-order valence-electron chi connectivity index (χ1n) is 10.6. The van der Waals surface area contributed by atoms with Gasteiger partial charge in [0.2, 0.25) is 0 Å². The number of nitrogens with two attached hydrogens (primary N) is 1. The maximum absolute atomic E-state index is 14.7. The second kappa shape index (κ2) is 9.19. The van der Waals surface area contributed by atoms with Gasteiger partial charge in [0.1, 0.15) is 11.3 Å². The Morgan fingerprint density at radius 2 is 1.88 bits per heavy atom. The monoisotopic (exact) mass is 479 g/mol. The SMILES string of the molecule is Cc1cc([C@@H](C)Nc2ccc(Cl)c(F)c2C(N)=NO)c2oc(-c3ccccc3)c(C)c(=O)c2c1. The van der Waals surface area contributed by atoms with E-state index >= 15 is 0 Å². The van der Waals surface area contributed by atoms with Crippen LogP contribution >= 0.6 is 11.6 Å². The molecule has 0 aliphatic rings. The quantitative estimate of drug-likeness (QED) is 0.138. The lowest BCUT2D eigenvalue weighted by Crippen LogP contribution is -2.20. The fourth-order valence-electron chi connectivity index (χ4n) is 4.04. The molecule has 0 spiro atoms. The van der Waals surface area contributed by atoms with Crippen LogP contribution in [0.4, 0.5) is 10.1 Å². The van der Waals surface area contributed by atoms with Crippen molar-refractivity contribution in [1.29, 1.82) is 0 Å². The highest BCUT2D eigenvalue weighted by molar-refractivity contribution is 6.31. The largest absolute Gasteiger partial charge is 0.455 e. The summed E-state index contributed by atoms with van der Waals surface area (Å²) in [6.07, 6.45) is 0. The molecule has 0 aliphatic heterocycles. The zero-order valence-electron chi connectivity index (χ0n) is 18.8. The minimum Gasteiger partial charge on any atom is -0.455 e. The number of hydrogen-bond donors (Lipinski definition) is 3. The van der Waals surface area contributed by atoms with Crippen molar-refractivity contribution in [1.82, 2.24) is 0 Å². The van der Waals surface area contributed by atoms with Gasteiger partial charge < -0.3 is 20.7 Å². The summed E-state index contributed by atoms with van der Waals surface area (Å²) in [7, 11) is 0. The van der Waals surface area contributed by atoms with Gasteiger partial charge in [-0.05, 0) is 44.5 Å². The van der Waals surface area contributed by atoms with Crippen molar-refractivity contribution in [2.75, 3.05) is 5.32 Å². The Balaban J connectivity index is 1.90. The minimum absolute atomic E-state index is 0.118. The Labute approximate surface area is 200 Å². The summed E-state index contributed by atoms with van der Waals surface area (Å²) in [5.74, 6) is -0.737. The van der Waals surface area contributed by atoms with Gasteiger partial charge in [-0.3, -0.25) is 4.79 Å². The fraction of sp³-hybridized carbons (Fsp3) is 0.154. The molecule has 0 amide bonds. The molecule has 0 bridgehead atoms. The average Bonchev–Trinajstić information content (AvgIpc) is 2.83. The van der Waals surface area contributed by atoms with E-state index in [0.717, 1.165) is 11.1 Å². The van der Waals surface area contributed by atoms with E-state index in [-0.39, 0.29) is 21.7 Å². The first-order valence-corrected chi connectivity index (χ1v) is 11.0. The van der Waals surface area contributed by atoms with Crippen LogP contribution in [0, 0.1) is 19.7 Å². The lowest BCUT2D eigenvalue weighted by molar-refractivity contribution is 0.318. The Morgan fingerprint density at radius 1 is 1.18 bits per heavy atom. The number of rotatable bonds is 5. The molecule has 34 heavy (non-hydrogen) atoms. The van der Waals surface area contributed by atoms with Crippen LogP contribution in [0.1, 0.15) is 35.2 Å². The van der Waals surface area contributed by atoms with Crippen molar-refractivity contribution in [3.8, 4) is 11.3 Å². The first kappa shape index (κ1) is 23.3. The molecule has 1 heterocycles. The van der Waals surface area contributed by atoms with E-state index in [1.807, 2.05) is 50.2 Å². The molecule has 0 aliphatic carbocycles. The molecular weight excluding hydrogens is 457 g/mol. The van der Waals surface area contributed by atoms with Crippen molar-refractivity contribution in [2.24, 2.45) is 10.9 Å². The van der Waals surface area contributed by atoms with Crippen molar-refractivity contribution in [3.05, 3.63) is 97.9 Å². The van der Waals surface area contributed by atoms with E-state index in [1.54, 1.807) is 19.1 Å². The number of amidine groups is 1. The first-order chi connectivity index (χ1) is 16.2. The normalized spacial score (nSPS) is 12.7. The minimum atomic E-state index is -0.809. The molecule has 4 aromatic rings. The maximum atomic E-state index is 14.7. The van der Waals surface area contributed by atoms with Crippen molar-refractivity contribution >= 4 is 34.1 Å². The summed E-state index contributed by atoms with van der Waals surface area (Å²) < 4.78 is 21.0. The van der Waals surface area contributed by atoms with Crippen LogP contribution in [-0.4, -0.2) is 11.0 Å². The molecule has 3 aromatic carbocycles. The summed E-state index contributed by atoms with van der Waals surface area (Å²) in [5.41, 5.74) is 9.03. The number of nitrogens with zero attached hydrogens (tertiary/aromatic N) is 1. The standard InChI is InChI=1S/C26H23ClFN3O3/c1-13-11-17(15(3)30-20-10-9-19(27)22(28)21(20)26(29)31-33)25-18(12-13)23(32)14(2)24(34-25)16-7-5-4-6-8-16/h4-12,15,30,33H,1-3H3,(H2,29,31)/t15-/m1/s1. The zero-order valence-corrected chi connectivity index (χ0v) is 19.6. The van der Waals surface area contributed by atoms with Crippen LogP contribution in [0.5, 0.6) is 0 Å². The van der Waals surface area contributed by atoms with Gasteiger partial charge in [-0.15, -0.1) is 0 Å². The number of hydrogen-bond acceptors (Lipinski definition) is 5. The highest BCUT2D eigenvalue weighted by Gasteiger charge is 2.22. The van der Waals surface area contributed by atoms with Gasteiger partial charge in [0.25, 0.3) is 0 Å². The number of nitrogens with one attached hydrogen (secondary N) is 1. The third-order valence-electron chi connectivity index (χ3n) is 5.73. The molecule has 1 atom stereocenters. The van der Waals surface area contributed by atoms with Crippen LogP contribution < -0.4 is 16.5 Å². The molecule has 0 fully saturated rings. The molecule has 0 saturated heterocycles. The van der Waals surface area contributed by atoms with E-state index in [1.165, 1.54) is 6.07 Å². The van der Waals surface area contributed by atoms with Gasteiger partial charge in [0.05, 0.1) is 22.0 Å². The zero-order chi connectivity index (χ0) is 24.6. The van der Waals surface area contributed by atoms with Crippen LogP contribution in [0.3, 0.4) is 0 Å². The van der Waals surface area contributed by atoms with Crippen molar-refractivity contribution in [3.63, 3.8) is 0 Å². The summed E-state index contributed by atoms with van der Waals surface area (Å²) in [6.45, 7) is 5.48. The van der Waals surface area contributed by atoms with Crippen LogP contribution in [-0.2, 0) is 0 Å². The van der Waals surface area contributed by atoms with Crippen molar-refractivity contribution < 1.29 is 14.0 Å². The predicted octanol–water partition coefficient (Wildman–Crippen LogP) is 6.14. The molecule has 4 rings (SSSR count). The molecule has 0 unspecified atom stereocenters. The van der Waals surface area contributed by atoms with Crippen molar-refractivity contribution in [2.45, 2.75) is 26.8 Å². The topological polar surface area (TPSA) is 101 Å². The van der Waals surface area contributed by atoms with Gasteiger partial charge >= 0.3 is 0 Å². The Hall–Kier alpha value is -3.84. The second-order valence-electron chi connectivity index (χ2n) is 8.12. The number of halogens is 2. The second-order valence-corrected chi connectivity index (χ2v) is 8.52. The highest BCUT2D eigenvalue weighted by atomic mass is 35.5. The maximum Gasteiger partial charge on any atom is 0.196 e. The summed E-state index contributed by atoms with van der Waals surface area (Å²) in [6, 6.07) is 15.6. The molecule has 8 heteroatoms. The molecule has 6 nitrogen and oxygen atoms in total.